The van der Waals surface area contributed by atoms with Gasteiger partial charge >= 0.3 is 0 Å². The van der Waals surface area contributed by atoms with Crippen molar-refractivity contribution in [3.8, 4) is 0 Å². The third-order valence-electron chi connectivity index (χ3n) is 3.85. The summed E-state index contributed by atoms with van der Waals surface area (Å²) in [6.45, 7) is 3.36. The van der Waals surface area contributed by atoms with Crippen molar-refractivity contribution in [2.45, 2.75) is 32.6 Å². The maximum absolute atomic E-state index is 12.2. The molecule has 0 spiro atoms. The number of hydrogen-bond acceptors (Lipinski definition) is 2. The van der Waals surface area contributed by atoms with Gasteiger partial charge in [-0.25, -0.2) is 0 Å². The molecule has 1 aromatic carbocycles. The van der Waals surface area contributed by atoms with Crippen LogP contribution in [0.3, 0.4) is 0 Å². The fraction of sp³-hybridized carbons (Fsp3) is 0.500. The van der Waals surface area contributed by atoms with Crippen molar-refractivity contribution in [3.63, 3.8) is 0 Å². The van der Waals surface area contributed by atoms with Crippen LogP contribution in [0.1, 0.15) is 31.7 Å². The van der Waals surface area contributed by atoms with Crippen LogP contribution in [0.25, 0.3) is 0 Å². The van der Waals surface area contributed by atoms with Crippen LogP contribution in [0.2, 0.25) is 0 Å². The van der Waals surface area contributed by atoms with Gasteiger partial charge in [0.1, 0.15) is 5.78 Å². The van der Waals surface area contributed by atoms with Crippen molar-refractivity contribution in [1.29, 1.82) is 0 Å². The maximum Gasteiger partial charge on any atom is 0.226 e. The van der Waals surface area contributed by atoms with Gasteiger partial charge in [0.05, 0.1) is 6.42 Å². The van der Waals surface area contributed by atoms with E-state index in [4.69, 9.17) is 0 Å². The van der Waals surface area contributed by atoms with Gasteiger partial charge in [0.25, 0.3) is 0 Å². The number of amides is 1. The molecule has 1 aliphatic heterocycles. The van der Waals surface area contributed by atoms with Crippen molar-refractivity contribution < 1.29 is 9.59 Å². The second kappa shape index (κ2) is 6.50. The summed E-state index contributed by atoms with van der Waals surface area (Å²) in [7, 11) is 0. The molecule has 102 valence electrons. The molecule has 3 nitrogen and oxygen atoms in total. The minimum absolute atomic E-state index is 0.172. The highest BCUT2D eigenvalue weighted by Gasteiger charge is 2.26. The minimum atomic E-state index is 0.172. The summed E-state index contributed by atoms with van der Waals surface area (Å²) in [6.07, 6.45) is 2.73. The summed E-state index contributed by atoms with van der Waals surface area (Å²) in [5.74, 6) is 0.689. The molecule has 0 aromatic heterocycles. The summed E-state index contributed by atoms with van der Waals surface area (Å²) < 4.78 is 0. The molecule has 3 heteroatoms. The van der Waals surface area contributed by atoms with Crippen LogP contribution in [0.4, 0.5) is 0 Å². The predicted molar refractivity (Wildman–Crippen MR) is 74.7 cm³/mol. The smallest absolute Gasteiger partial charge is 0.226 e. The zero-order chi connectivity index (χ0) is 13.7. The third-order valence-corrected chi connectivity index (χ3v) is 3.85. The van der Waals surface area contributed by atoms with Gasteiger partial charge in [-0.3, -0.25) is 9.59 Å². The lowest BCUT2D eigenvalue weighted by Gasteiger charge is -2.31. The monoisotopic (exact) mass is 259 g/mol. The van der Waals surface area contributed by atoms with Crippen LogP contribution < -0.4 is 0 Å². The Bertz CT molecular complexity index is 433. The molecule has 1 heterocycles. The summed E-state index contributed by atoms with van der Waals surface area (Å²) in [6, 6.07) is 9.82. The number of benzene rings is 1. The van der Waals surface area contributed by atoms with Crippen molar-refractivity contribution >= 4 is 11.7 Å². The van der Waals surface area contributed by atoms with Crippen molar-refractivity contribution in [2.75, 3.05) is 13.1 Å². The van der Waals surface area contributed by atoms with E-state index in [0.29, 0.717) is 18.6 Å². The molecule has 1 amide bonds. The molecule has 0 atom stereocenters. The van der Waals surface area contributed by atoms with Crippen molar-refractivity contribution in [3.05, 3.63) is 35.9 Å². The van der Waals surface area contributed by atoms with Gasteiger partial charge in [-0.1, -0.05) is 37.3 Å². The van der Waals surface area contributed by atoms with E-state index in [1.165, 1.54) is 0 Å². The van der Waals surface area contributed by atoms with Crippen LogP contribution in [0, 0.1) is 5.92 Å². The first-order valence-corrected chi connectivity index (χ1v) is 7.05. The molecular weight excluding hydrogens is 238 g/mol. The number of piperidine rings is 1. The van der Waals surface area contributed by atoms with Crippen LogP contribution in [0.15, 0.2) is 30.3 Å². The topological polar surface area (TPSA) is 37.4 Å². The Morgan fingerprint density at radius 1 is 1.16 bits per heavy atom. The van der Waals surface area contributed by atoms with Crippen LogP contribution in [0.5, 0.6) is 0 Å². The second-order valence-corrected chi connectivity index (χ2v) is 5.14. The minimum Gasteiger partial charge on any atom is -0.342 e. The molecule has 2 rings (SSSR count). The SMILES string of the molecule is CCC(=O)C1CCN(C(=O)Cc2ccccc2)CC1. The van der Waals surface area contributed by atoms with E-state index in [2.05, 4.69) is 0 Å². The number of ketones is 1. The number of nitrogens with zero attached hydrogens (tertiary/aromatic N) is 1. The van der Waals surface area contributed by atoms with E-state index in [-0.39, 0.29) is 11.8 Å². The highest BCUT2D eigenvalue weighted by atomic mass is 16.2. The van der Waals surface area contributed by atoms with E-state index in [1.54, 1.807) is 0 Å². The fourth-order valence-electron chi connectivity index (χ4n) is 2.62. The average molecular weight is 259 g/mol. The zero-order valence-electron chi connectivity index (χ0n) is 11.5. The predicted octanol–water partition coefficient (Wildman–Crippen LogP) is 2.45. The lowest BCUT2D eigenvalue weighted by atomic mass is 9.91. The fourth-order valence-corrected chi connectivity index (χ4v) is 2.62. The number of Topliss-reactive ketones (excluding diaryl/α,β-unsaturated/α-hetero) is 1. The normalized spacial score (nSPS) is 16.4. The Labute approximate surface area is 114 Å². The van der Waals surface area contributed by atoms with Gasteiger partial charge in [0.15, 0.2) is 0 Å². The molecule has 1 aromatic rings. The summed E-state index contributed by atoms with van der Waals surface area (Å²) >= 11 is 0. The molecular formula is C16H21NO2. The number of hydrogen-bond donors (Lipinski definition) is 0. The van der Waals surface area contributed by atoms with Gasteiger partial charge in [0, 0.05) is 25.4 Å². The molecule has 1 aliphatic rings. The number of rotatable bonds is 4. The molecule has 0 radical (unpaired) electrons. The first-order valence-electron chi connectivity index (χ1n) is 7.05. The summed E-state index contributed by atoms with van der Waals surface area (Å²) in [5.41, 5.74) is 1.05. The van der Waals surface area contributed by atoms with Gasteiger partial charge in [-0.2, -0.15) is 0 Å². The highest BCUT2D eigenvalue weighted by molar-refractivity contribution is 5.82. The summed E-state index contributed by atoms with van der Waals surface area (Å²) in [5, 5.41) is 0. The maximum atomic E-state index is 12.2. The Hall–Kier alpha value is -1.64. The molecule has 0 N–H and O–H groups in total. The number of carbonyl (C=O) groups excluding carboxylic acids is 2. The lowest BCUT2D eigenvalue weighted by Crippen LogP contribution is -2.40. The van der Waals surface area contributed by atoms with E-state index < -0.39 is 0 Å². The lowest BCUT2D eigenvalue weighted by molar-refractivity contribution is -0.134. The molecule has 1 fully saturated rings. The third kappa shape index (κ3) is 3.66. The van der Waals surface area contributed by atoms with Gasteiger partial charge in [-0.05, 0) is 18.4 Å². The molecule has 19 heavy (non-hydrogen) atoms. The molecule has 0 unspecified atom stereocenters. The van der Waals surface area contributed by atoms with Gasteiger partial charge in [-0.15, -0.1) is 0 Å². The van der Waals surface area contributed by atoms with Crippen LogP contribution in [-0.2, 0) is 16.0 Å². The first-order chi connectivity index (χ1) is 9.20. The van der Waals surface area contributed by atoms with Gasteiger partial charge < -0.3 is 4.90 Å². The van der Waals surface area contributed by atoms with E-state index in [0.717, 1.165) is 31.5 Å². The molecule has 0 aliphatic carbocycles. The zero-order valence-corrected chi connectivity index (χ0v) is 11.5. The number of likely N-dealkylation sites (tertiary alicyclic amines) is 1. The molecule has 0 bridgehead atoms. The Morgan fingerprint density at radius 2 is 1.79 bits per heavy atom. The molecule has 1 saturated heterocycles. The van der Waals surface area contributed by atoms with Crippen molar-refractivity contribution in [1.82, 2.24) is 4.90 Å². The van der Waals surface area contributed by atoms with Gasteiger partial charge in [0.2, 0.25) is 5.91 Å². The Kier molecular flexibility index (Phi) is 4.72. The molecule has 0 saturated carbocycles. The number of carbonyl (C=O) groups is 2. The quantitative estimate of drug-likeness (QED) is 0.833. The average Bonchev–Trinajstić information content (AvgIpc) is 2.47. The van der Waals surface area contributed by atoms with Crippen molar-refractivity contribution in [2.24, 2.45) is 5.92 Å². The summed E-state index contributed by atoms with van der Waals surface area (Å²) in [4.78, 5) is 25.7. The largest absolute Gasteiger partial charge is 0.342 e. The van der Waals surface area contributed by atoms with Crippen LogP contribution >= 0.6 is 0 Å². The Morgan fingerprint density at radius 3 is 2.37 bits per heavy atom. The van der Waals surface area contributed by atoms with E-state index in [9.17, 15) is 9.59 Å². The van der Waals surface area contributed by atoms with E-state index >= 15 is 0 Å². The van der Waals surface area contributed by atoms with E-state index in [1.807, 2.05) is 42.2 Å². The first kappa shape index (κ1) is 13.8. The Balaban J connectivity index is 1.84. The second-order valence-electron chi connectivity index (χ2n) is 5.14. The highest BCUT2D eigenvalue weighted by Crippen LogP contribution is 2.20. The standard InChI is InChI=1S/C16H21NO2/c1-2-15(18)14-8-10-17(11-9-14)16(19)12-13-6-4-3-5-7-13/h3-7,14H,2,8-12H2,1H3. The van der Waals surface area contributed by atoms with Crippen LogP contribution in [-0.4, -0.2) is 29.7 Å².